The summed E-state index contributed by atoms with van der Waals surface area (Å²) >= 11 is 0. The molecule has 1 aliphatic rings. The number of aromatic nitrogens is 1. The molecule has 2 heterocycles. The Hall–Kier alpha value is -1.97. The summed E-state index contributed by atoms with van der Waals surface area (Å²) in [6, 6.07) is 6.04. The van der Waals surface area contributed by atoms with Gasteiger partial charge in [-0.05, 0) is 49.4 Å². The van der Waals surface area contributed by atoms with Crippen LogP contribution in [0.4, 0.5) is 5.82 Å². The van der Waals surface area contributed by atoms with Gasteiger partial charge in [-0.15, -0.1) is 0 Å². The number of methoxy groups -OCH3 is 2. The molecule has 0 unspecified atom stereocenters. The van der Waals surface area contributed by atoms with Crippen molar-refractivity contribution in [2.24, 2.45) is 5.92 Å². The molecular weight excluding hydrogens is 276 g/mol. The molecule has 0 amide bonds. The fourth-order valence-corrected chi connectivity index (χ4v) is 3.35. The Bertz CT molecular complexity index is 684. The van der Waals surface area contributed by atoms with E-state index in [1.807, 2.05) is 12.1 Å². The maximum atomic E-state index is 5.51. The smallest absolute Gasteiger partial charge is 0.145 e. The first-order valence-electron chi connectivity index (χ1n) is 7.91. The lowest BCUT2D eigenvalue weighted by atomic mass is 10.00. The van der Waals surface area contributed by atoms with Crippen molar-refractivity contribution in [1.29, 1.82) is 0 Å². The van der Waals surface area contributed by atoms with Crippen LogP contribution in [-0.4, -0.2) is 32.3 Å². The van der Waals surface area contributed by atoms with Gasteiger partial charge in [-0.1, -0.05) is 6.92 Å². The number of piperidine rings is 1. The standard InChI is InChI=1S/C18H24N2O2/c1-12-6-5-9-20(11-12)16-10-13(2)17-14(21-3)7-8-15(22-4)18(17)19-16/h7-8,10,12H,5-6,9,11H2,1-4H3/t12-/m0/s1. The lowest BCUT2D eigenvalue weighted by Gasteiger charge is -2.32. The number of hydrogen-bond donors (Lipinski definition) is 0. The quantitative estimate of drug-likeness (QED) is 0.863. The van der Waals surface area contributed by atoms with Gasteiger partial charge in [-0.3, -0.25) is 0 Å². The molecule has 0 spiro atoms. The minimum atomic E-state index is 0.721. The van der Waals surface area contributed by atoms with E-state index in [-0.39, 0.29) is 0 Å². The average molecular weight is 300 g/mol. The minimum absolute atomic E-state index is 0.721. The molecule has 4 heteroatoms. The first-order valence-corrected chi connectivity index (χ1v) is 7.91. The molecule has 4 nitrogen and oxygen atoms in total. The highest BCUT2D eigenvalue weighted by Gasteiger charge is 2.20. The van der Waals surface area contributed by atoms with Crippen LogP contribution in [0, 0.1) is 12.8 Å². The Morgan fingerprint density at radius 3 is 2.59 bits per heavy atom. The van der Waals surface area contributed by atoms with Gasteiger partial charge in [0.15, 0.2) is 0 Å². The predicted octanol–water partition coefficient (Wildman–Crippen LogP) is 3.80. The van der Waals surface area contributed by atoms with Gasteiger partial charge in [-0.2, -0.15) is 0 Å². The summed E-state index contributed by atoms with van der Waals surface area (Å²) in [6.45, 7) is 6.57. The Morgan fingerprint density at radius 2 is 1.91 bits per heavy atom. The summed E-state index contributed by atoms with van der Waals surface area (Å²) in [7, 11) is 3.38. The predicted molar refractivity (Wildman–Crippen MR) is 90.2 cm³/mol. The lowest BCUT2D eigenvalue weighted by Crippen LogP contribution is -2.34. The topological polar surface area (TPSA) is 34.6 Å². The average Bonchev–Trinajstić information content (AvgIpc) is 2.53. The summed E-state index contributed by atoms with van der Waals surface area (Å²) < 4.78 is 11.0. The van der Waals surface area contributed by atoms with E-state index in [1.165, 1.54) is 18.4 Å². The van der Waals surface area contributed by atoms with Gasteiger partial charge in [0.1, 0.15) is 22.8 Å². The van der Waals surface area contributed by atoms with Crippen LogP contribution < -0.4 is 14.4 Å². The van der Waals surface area contributed by atoms with Crippen molar-refractivity contribution in [2.45, 2.75) is 26.7 Å². The van der Waals surface area contributed by atoms with Crippen LogP contribution in [0.15, 0.2) is 18.2 Å². The van der Waals surface area contributed by atoms with Gasteiger partial charge in [0.05, 0.1) is 14.2 Å². The van der Waals surface area contributed by atoms with E-state index in [2.05, 4.69) is 24.8 Å². The number of nitrogens with zero attached hydrogens (tertiary/aromatic N) is 2. The second-order valence-corrected chi connectivity index (χ2v) is 6.18. The summed E-state index contributed by atoms with van der Waals surface area (Å²) in [5.74, 6) is 3.41. The third-order valence-corrected chi connectivity index (χ3v) is 4.49. The maximum Gasteiger partial charge on any atom is 0.145 e. The molecule has 0 N–H and O–H groups in total. The molecule has 1 atom stereocenters. The molecule has 0 aliphatic carbocycles. The first kappa shape index (κ1) is 14.9. The zero-order valence-corrected chi connectivity index (χ0v) is 13.8. The monoisotopic (exact) mass is 300 g/mol. The summed E-state index contributed by atoms with van der Waals surface area (Å²) in [5.41, 5.74) is 2.06. The SMILES string of the molecule is COc1ccc(OC)c2c(C)cc(N3CCC[C@H](C)C3)nc12. The largest absolute Gasteiger partial charge is 0.496 e. The maximum absolute atomic E-state index is 5.51. The molecule has 1 saturated heterocycles. The molecule has 3 rings (SSSR count). The molecule has 0 saturated carbocycles. The third kappa shape index (κ3) is 2.58. The molecule has 1 aliphatic heterocycles. The van der Waals surface area contributed by atoms with E-state index in [4.69, 9.17) is 14.5 Å². The molecule has 1 aromatic heterocycles. The van der Waals surface area contributed by atoms with Crippen molar-refractivity contribution in [1.82, 2.24) is 4.98 Å². The van der Waals surface area contributed by atoms with Crippen molar-refractivity contribution in [2.75, 3.05) is 32.2 Å². The number of fused-ring (bicyclic) bond motifs is 1. The molecule has 2 aromatic rings. The van der Waals surface area contributed by atoms with Crippen molar-refractivity contribution >= 4 is 16.7 Å². The highest BCUT2D eigenvalue weighted by Crippen LogP contribution is 2.36. The summed E-state index contributed by atoms with van der Waals surface area (Å²) in [6.07, 6.45) is 2.54. The number of rotatable bonds is 3. The zero-order valence-electron chi connectivity index (χ0n) is 13.8. The van der Waals surface area contributed by atoms with Crippen LogP contribution in [0.1, 0.15) is 25.3 Å². The molecule has 1 aromatic carbocycles. The normalized spacial score (nSPS) is 18.5. The van der Waals surface area contributed by atoms with Gasteiger partial charge >= 0.3 is 0 Å². The molecule has 118 valence electrons. The van der Waals surface area contributed by atoms with E-state index < -0.39 is 0 Å². The molecular formula is C18H24N2O2. The highest BCUT2D eigenvalue weighted by molar-refractivity contribution is 5.94. The zero-order chi connectivity index (χ0) is 15.7. The summed E-state index contributed by atoms with van der Waals surface area (Å²) in [5, 5.41) is 1.04. The Morgan fingerprint density at radius 1 is 1.18 bits per heavy atom. The highest BCUT2D eigenvalue weighted by atomic mass is 16.5. The van der Waals surface area contributed by atoms with E-state index in [0.29, 0.717) is 0 Å². The van der Waals surface area contributed by atoms with Crippen LogP contribution in [-0.2, 0) is 0 Å². The van der Waals surface area contributed by atoms with E-state index in [1.54, 1.807) is 14.2 Å². The van der Waals surface area contributed by atoms with Crippen molar-refractivity contribution in [3.63, 3.8) is 0 Å². The Balaban J connectivity index is 2.14. The van der Waals surface area contributed by atoms with Crippen molar-refractivity contribution in [3.05, 3.63) is 23.8 Å². The van der Waals surface area contributed by atoms with E-state index >= 15 is 0 Å². The van der Waals surface area contributed by atoms with Crippen molar-refractivity contribution < 1.29 is 9.47 Å². The van der Waals surface area contributed by atoms with Crippen LogP contribution in [0.2, 0.25) is 0 Å². The van der Waals surface area contributed by atoms with Crippen LogP contribution in [0.5, 0.6) is 11.5 Å². The Labute approximate surface area is 132 Å². The van der Waals surface area contributed by atoms with Gasteiger partial charge < -0.3 is 14.4 Å². The van der Waals surface area contributed by atoms with Gasteiger partial charge in [0.2, 0.25) is 0 Å². The molecule has 0 radical (unpaired) electrons. The first-order chi connectivity index (χ1) is 10.6. The minimum Gasteiger partial charge on any atom is -0.496 e. The lowest BCUT2D eigenvalue weighted by molar-refractivity contribution is 0.409. The number of pyridine rings is 1. The van der Waals surface area contributed by atoms with Gasteiger partial charge in [0, 0.05) is 18.5 Å². The number of hydrogen-bond acceptors (Lipinski definition) is 4. The van der Waals surface area contributed by atoms with Crippen LogP contribution >= 0.6 is 0 Å². The van der Waals surface area contributed by atoms with E-state index in [9.17, 15) is 0 Å². The number of ether oxygens (including phenoxy) is 2. The summed E-state index contributed by atoms with van der Waals surface area (Å²) in [4.78, 5) is 7.28. The molecule has 1 fully saturated rings. The Kier molecular flexibility index (Phi) is 4.10. The number of benzene rings is 1. The van der Waals surface area contributed by atoms with Crippen LogP contribution in [0.3, 0.4) is 0 Å². The number of anilines is 1. The van der Waals surface area contributed by atoms with Gasteiger partial charge in [-0.25, -0.2) is 4.98 Å². The third-order valence-electron chi connectivity index (χ3n) is 4.49. The second-order valence-electron chi connectivity index (χ2n) is 6.18. The fraction of sp³-hybridized carbons (Fsp3) is 0.500. The molecule has 22 heavy (non-hydrogen) atoms. The second kappa shape index (κ2) is 6.03. The fourth-order valence-electron chi connectivity index (χ4n) is 3.35. The van der Waals surface area contributed by atoms with Crippen molar-refractivity contribution in [3.8, 4) is 11.5 Å². The van der Waals surface area contributed by atoms with E-state index in [0.717, 1.165) is 47.2 Å². The van der Waals surface area contributed by atoms with Gasteiger partial charge in [0.25, 0.3) is 0 Å². The number of aryl methyl sites for hydroxylation is 1. The molecule has 0 bridgehead atoms. The van der Waals surface area contributed by atoms with Crippen LogP contribution in [0.25, 0.3) is 10.9 Å².